The van der Waals surface area contributed by atoms with E-state index in [1.807, 2.05) is 54.6 Å². The summed E-state index contributed by atoms with van der Waals surface area (Å²) in [5.74, 6) is 2.39. The largest absolute Gasteiger partial charge is 0.497 e. The van der Waals surface area contributed by atoms with Crippen molar-refractivity contribution in [3.05, 3.63) is 72.3 Å². The lowest BCUT2D eigenvalue weighted by Gasteiger charge is -2.38. The molecule has 7 nitrogen and oxygen atoms in total. The molecule has 1 aliphatic heterocycles. The fourth-order valence-electron chi connectivity index (χ4n) is 4.18. The number of hydrogen-bond donors (Lipinski definition) is 1. The van der Waals surface area contributed by atoms with Crippen LogP contribution in [0, 0.1) is 0 Å². The predicted octanol–water partition coefficient (Wildman–Crippen LogP) is 3.96. The molecule has 1 aliphatic rings. The molecule has 0 radical (unpaired) electrons. The van der Waals surface area contributed by atoms with Crippen LogP contribution >= 0.6 is 0 Å². The number of nitrogens with one attached hydrogen (secondary N) is 1. The standard InChI is InChI=1S/C24H25N5O2/c1-30-20-9-7-19(8-10-20)24(13-15-31-16-14-24)17-25-21-11-12-22-26-27-23(29(22)28-21)18-5-3-2-4-6-18/h2-12H,13-17H2,1H3,(H,25,28). The van der Waals surface area contributed by atoms with Gasteiger partial charge in [-0.2, -0.15) is 4.52 Å². The summed E-state index contributed by atoms with van der Waals surface area (Å²) in [7, 11) is 1.69. The zero-order valence-corrected chi connectivity index (χ0v) is 17.5. The van der Waals surface area contributed by atoms with E-state index in [0.29, 0.717) is 0 Å². The number of aromatic nitrogens is 4. The molecular formula is C24H25N5O2. The maximum Gasteiger partial charge on any atom is 0.185 e. The number of rotatable bonds is 6. The number of anilines is 1. The Labute approximate surface area is 181 Å². The van der Waals surface area contributed by atoms with Gasteiger partial charge < -0.3 is 14.8 Å². The lowest BCUT2D eigenvalue weighted by atomic mass is 9.74. The van der Waals surface area contributed by atoms with Gasteiger partial charge in [-0.1, -0.05) is 42.5 Å². The zero-order valence-electron chi connectivity index (χ0n) is 17.5. The van der Waals surface area contributed by atoms with E-state index in [0.717, 1.165) is 61.2 Å². The van der Waals surface area contributed by atoms with Crippen molar-refractivity contribution in [2.75, 3.05) is 32.2 Å². The molecule has 2 aromatic heterocycles. The van der Waals surface area contributed by atoms with E-state index < -0.39 is 0 Å². The summed E-state index contributed by atoms with van der Waals surface area (Å²) in [6.45, 7) is 2.28. The first-order chi connectivity index (χ1) is 15.3. The molecule has 0 unspecified atom stereocenters. The molecule has 4 aromatic rings. The Balaban J connectivity index is 1.42. The highest BCUT2D eigenvalue weighted by Gasteiger charge is 2.34. The van der Waals surface area contributed by atoms with Crippen molar-refractivity contribution in [2.45, 2.75) is 18.3 Å². The molecule has 0 bridgehead atoms. The van der Waals surface area contributed by atoms with Crippen LogP contribution < -0.4 is 10.1 Å². The van der Waals surface area contributed by atoms with Crippen molar-refractivity contribution in [1.29, 1.82) is 0 Å². The molecule has 2 aromatic carbocycles. The van der Waals surface area contributed by atoms with Crippen molar-refractivity contribution < 1.29 is 9.47 Å². The minimum absolute atomic E-state index is 0.0173. The van der Waals surface area contributed by atoms with E-state index in [1.165, 1.54) is 5.56 Å². The monoisotopic (exact) mass is 415 g/mol. The molecule has 0 aliphatic carbocycles. The summed E-state index contributed by atoms with van der Waals surface area (Å²) in [5, 5.41) is 16.9. The van der Waals surface area contributed by atoms with E-state index in [1.54, 1.807) is 11.6 Å². The molecule has 0 spiro atoms. The third-order valence-corrected chi connectivity index (χ3v) is 6.05. The van der Waals surface area contributed by atoms with Crippen molar-refractivity contribution >= 4 is 11.5 Å². The molecule has 0 atom stereocenters. The van der Waals surface area contributed by atoms with Crippen LogP contribution in [0.2, 0.25) is 0 Å². The van der Waals surface area contributed by atoms with Crippen LogP contribution in [0.5, 0.6) is 5.75 Å². The Morgan fingerprint density at radius 2 is 1.74 bits per heavy atom. The summed E-state index contributed by atoms with van der Waals surface area (Å²) >= 11 is 0. The van der Waals surface area contributed by atoms with Crippen molar-refractivity contribution in [1.82, 2.24) is 19.8 Å². The van der Waals surface area contributed by atoms with E-state index in [2.05, 4.69) is 27.6 Å². The van der Waals surface area contributed by atoms with Crippen LogP contribution in [0.3, 0.4) is 0 Å². The van der Waals surface area contributed by atoms with Gasteiger partial charge in [0.1, 0.15) is 11.6 Å². The van der Waals surface area contributed by atoms with Crippen LogP contribution in [-0.2, 0) is 10.2 Å². The van der Waals surface area contributed by atoms with Gasteiger partial charge in [-0.05, 0) is 42.7 Å². The van der Waals surface area contributed by atoms with Gasteiger partial charge in [0.15, 0.2) is 11.5 Å². The average Bonchev–Trinajstić information content (AvgIpc) is 3.27. The van der Waals surface area contributed by atoms with Gasteiger partial charge in [0.2, 0.25) is 0 Å². The number of benzene rings is 2. The third-order valence-electron chi connectivity index (χ3n) is 6.05. The lowest BCUT2D eigenvalue weighted by molar-refractivity contribution is 0.0543. The smallest absolute Gasteiger partial charge is 0.185 e. The van der Waals surface area contributed by atoms with Gasteiger partial charge in [0.05, 0.1) is 7.11 Å². The van der Waals surface area contributed by atoms with E-state index in [9.17, 15) is 0 Å². The highest BCUT2D eigenvalue weighted by atomic mass is 16.5. The molecule has 31 heavy (non-hydrogen) atoms. The van der Waals surface area contributed by atoms with Crippen molar-refractivity contribution in [3.63, 3.8) is 0 Å². The molecule has 0 amide bonds. The second-order valence-electron chi connectivity index (χ2n) is 7.85. The second kappa shape index (κ2) is 8.35. The minimum atomic E-state index is -0.0173. The molecule has 5 rings (SSSR count). The fraction of sp³-hybridized carbons (Fsp3) is 0.292. The first kappa shape index (κ1) is 19.5. The van der Waals surface area contributed by atoms with Gasteiger partial charge in [0, 0.05) is 30.7 Å². The Morgan fingerprint density at radius 1 is 0.968 bits per heavy atom. The van der Waals surface area contributed by atoms with Gasteiger partial charge in [-0.15, -0.1) is 15.3 Å². The molecule has 1 saturated heterocycles. The predicted molar refractivity (Wildman–Crippen MR) is 119 cm³/mol. The van der Waals surface area contributed by atoms with Gasteiger partial charge in [-0.3, -0.25) is 0 Å². The first-order valence-corrected chi connectivity index (χ1v) is 10.5. The summed E-state index contributed by atoms with van der Waals surface area (Å²) in [6.07, 6.45) is 1.91. The molecule has 158 valence electrons. The molecular weight excluding hydrogens is 390 g/mol. The Kier molecular flexibility index (Phi) is 5.26. The summed E-state index contributed by atoms with van der Waals surface area (Å²) in [6, 6.07) is 22.3. The van der Waals surface area contributed by atoms with Crippen molar-refractivity contribution in [3.8, 4) is 17.1 Å². The molecule has 3 heterocycles. The van der Waals surface area contributed by atoms with E-state index in [4.69, 9.17) is 14.6 Å². The molecule has 0 saturated carbocycles. The summed E-state index contributed by atoms with van der Waals surface area (Å²) < 4.78 is 12.8. The maximum absolute atomic E-state index is 5.67. The maximum atomic E-state index is 5.67. The zero-order chi connectivity index (χ0) is 21.1. The Hall–Kier alpha value is -3.45. The molecule has 1 fully saturated rings. The minimum Gasteiger partial charge on any atom is -0.497 e. The van der Waals surface area contributed by atoms with E-state index >= 15 is 0 Å². The Bertz CT molecular complexity index is 1150. The summed E-state index contributed by atoms with van der Waals surface area (Å²) in [5.41, 5.74) is 2.98. The van der Waals surface area contributed by atoms with Crippen LogP contribution in [0.1, 0.15) is 18.4 Å². The normalized spacial score (nSPS) is 15.6. The van der Waals surface area contributed by atoms with Crippen LogP contribution in [0.4, 0.5) is 5.82 Å². The van der Waals surface area contributed by atoms with Gasteiger partial charge >= 0.3 is 0 Å². The number of hydrogen-bond acceptors (Lipinski definition) is 6. The third kappa shape index (κ3) is 3.84. The Morgan fingerprint density at radius 3 is 2.48 bits per heavy atom. The molecule has 7 heteroatoms. The number of fused-ring (bicyclic) bond motifs is 1. The number of ether oxygens (including phenoxy) is 2. The van der Waals surface area contributed by atoms with Gasteiger partial charge in [-0.25, -0.2) is 0 Å². The van der Waals surface area contributed by atoms with Crippen LogP contribution in [0.15, 0.2) is 66.7 Å². The highest BCUT2D eigenvalue weighted by molar-refractivity contribution is 5.59. The highest BCUT2D eigenvalue weighted by Crippen LogP contribution is 2.36. The SMILES string of the molecule is COc1ccc(C2(CNc3ccc4nnc(-c5ccccc5)n4n3)CCOCC2)cc1. The lowest BCUT2D eigenvalue weighted by Crippen LogP contribution is -2.40. The average molecular weight is 415 g/mol. The second-order valence-corrected chi connectivity index (χ2v) is 7.85. The fourth-order valence-corrected chi connectivity index (χ4v) is 4.18. The molecule has 1 N–H and O–H groups in total. The van der Waals surface area contributed by atoms with Crippen molar-refractivity contribution in [2.24, 2.45) is 0 Å². The summed E-state index contributed by atoms with van der Waals surface area (Å²) in [4.78, 5) is 0. The first-order valence-electron chi connectivity index (χ1n) is 10.5. The quantitative estimate of drug-likeness (QED) is 0.514. The number of methoxy groups -OCH3 is 1. The number of nitrogens with zero attached hydrogens (tertiary/aromatic N) is 4. The van der Waals surface area contributed by atoms with E-state index in [-0.39, 0.29) is 5.41 Å². The van der Waals surface area contributed by atoms with Gasteiger partial charge in [0.25, 0.3) is 0 Å². The van der Waals surface area contributed by atoms with Crippen LogP contribution in [0.25, 0.3) is 17.0 Å². The topological polar surface area (TPSA) is 73.6 Å². The van der Waals surface area contributed by atoms with Crippen LogP contribution in [-0.4, -0.2) is 46.7 Å².